The minimum atomic E-state index is -3.96. The number of hydrogen-bond donors (Lipinski definition) is 1. The number of rotatable bonds is 5. The van der Waals surface area contributed by atoms with Crippen molar-refractivity contribution in [3.8, 4) is 0 Å². The van der Waals surface area contributed by atoms with Crippen molar-refractivity contribution >= 4 is 43.1 Å². The van der Waals surface area contributed by atoms with Gasteiger partial charge in [-0.05, 0) is 43.3 Å². The first-order valence-electron chi connectivity index (χ1n) is 8.32. The van der Waals surface area contributed by atoms with E-state index < -0.39 is 31.9 Å². The molecule has 0 radical (unpaired) electrons. The fourth-order valence-electron chi connectivity index (χ4n) is 2.86. The number of nitrogens with one attached hydrogen (secondary N) is 1. The Hall–Kier alpha value is -2.72. The SMILES string of the molecule is CC(=O)c1cccc(NS(=O)(=O)c2ccc(N3C(=O)C(C)CS3(=O)=O)cc2)c1. The van der Waals surface area contributed by atoms with Gasteiger partial charge in [-0.25, -0.2) is 21.1 Å². The van der Waals surface area contributed by atoms with E-state index in [1.54, 1.807) is 12.1 Å². The molecule has 1 saturated heterocycles. The van der Waals surface area contributed by atoms with Crippen LogP contribution in [0, 0.1) is 5.92 Å². The fourth-order valence-corrected chi connectivity index (χ4v) is 5.73. The second kappa shape index (κ2) is 7.02. The van der Waals surface area contributed by atoms with Crippen molar-refractivity contribution in [3.05, 3.63) is 54.1 Å². The number of carbonyl (C=O) groups excluding carboxylic acids is 2. The highest BCUT2D eigenvalue weighted by Crippen LogP contribution is 2.29. The first-order valence-corrected chi connectivity index (χ1v) is 11.4. The summed E-state index contributed by atoms with van der Waals surface area (Å²) in [5.74, 6) is -1.67. The van der Waals surface area contributed by atoms with Gasteiger partial charge in [0.15, 0.2) is 5.78 Å². The molecule has 1 amide bonds. The fraction of sp³-hybridized carbons (Fsp3) is 0.222. The lowest BCUT2D eigenvalue weighted by Gasteiger charge is -2.16. The number of ketones is 1. The van der Waals surface area contributed by atoms with Crippen molar-refractivity contribution in [1.29, 1.82) is 0 Å². The summed E-state index contributed by atoms with van der Waals surface area (Å²) in [6, 6.07) is 11.0. The topological polar surface area (TPSA) is 118 Å². The van der Waals surface area contributed by atoms with Crippen molar-refractivity contribution in [2.24, 2.45) is 5.92 Å². The number of sulfonamides is 2. The van der Waals surface area contributed by atoms with E-state index in [1.165, 1.54) is 50.2 Å². The summed E-state index contributed by atoms with van der Waals surface area (Å²) in [6.07, 6.45) is 0. The molecule has 28 heavy (non-hydrogen) atoms. The van der Waals surface area contributed by atoms with Crippen LogP contribution in [0.1, 0.15) is 24.2 Å². The van der Waals surface area contributed by atoms with Crippen LogP contribution in [0.4, 0.5) is 11.4 Å². The summed E-state index contributed by atoms with van der Waals surface area (Å²) in [7, 11) is -7.72. The van der Waals surface area contributed by atoms with Crippen molar-refractivity contribution in [1.82, 2.24) is 0 Å². The Labute approximate surface area is 163 Å². The van der Waals surface area contributed by atoms with Crippen LogP contribution in [-0.4, -0.2) is 34.3 Å². The van der Waals surface area contributed by atoms with Gasteiger partial charge in [-0.3, -0.25) is 14.3 Å². The zero-order chi connectivity index (χ0) is 20.7. The Morgan fingerprint density at radius 3 is 2.32 bits per heavy atom. The Morgan fingerprint density at radius 1 is 1.14 bits per heavy atom. The first kappa shape index (κ1) is 20.0. The molecule has 1 fully saturated rings. The predicted octanol–water partition coefficient (Wildman–Crippen LogP) is 2.00. The van der Waals surface area contributed by atoms with E-state index in [4.69, 9.17) is 0 Å². The number of nitrogens with zero attached hydrogens (tertiary/aromatic N) is 1. The average Bonchev–Trinajstić information content (AvgIpc) is 2.82. The summed E-state index contributed by atoms with van der Waals surface area (Å²) in [4.78, 5) is 23.5. The van der Waals surface area contributed by atoms with Crippen LogP contribution in [0.2, 0.25) is 0 Å². The quantitative estimate of drug-likeness (QED) is 0.737. The lowest BCUT2D eigenvalue weighted by Crippen LogP contribution is -2.30. The van der Waals surface area contributed by atoms with E-state index >= 15 is 0 Å². The molecule has 1 aliphatic rings. The highest BCUT2D eigenvalue weighted by Gasteiger charge is 2.41. The van der Waals surface area contributed by atoms with Crippen LogP contribution >= 0.6 is 0 Å². The zero-order valence-corrected chi connectivity index (χ0v) is 16.7. The lowest BCUT2D eigenvalue weighted by atomic mass is 10.1. The van der Waals surface area contributed by atoms with Crippen LogP contribution in [0.15, 0.2) is 53.4 Å². The Bertz CT molecular complexity index is 1150. The maximum absolute atomic E-state index is 12.6. The van der Waals surface area contributed by atoms with Crippen molar-refractivity contribution < 1.29 is 26.4 Å². The molecule has 8 nitrogen and oxygen atoms in total. The molecule has 0 spiro atoms. The number of benzene rings is 2. The van der Waals surface area contributed by atoms with Crippen molar-refractivity contribution in [3.63, 3.8) is 0 Å². The van der Waals surface area contributed by atoms with Crippen LogP contribution < -0.4 is 9.03 Å². The minimum absolute atomic E-state index is 0.0897. The molecule has 2 aromatic rings. The smallest absolute Gasteiger partial charge is 0.261 e. The standard InChI is InChI=1S/C18H18N2O6S2/c1-12-11-27(23,24)20(18(12)22)16-6-8-17(9-7-16)28(25,26)19-15-5-3-4-14(10-15)13(2)21/h3-10,12,19H,11H2,1-2H3. The van der Waals surface area contributed by atoms with Crippen molar-refractivity contribution in [2.75, 3.05) is 14.8 Å². The maximum atomic E-state index is 12.6. The van der Waals surface area contributed by atoms with Gasteiger partial charge < -0.3 is 0 Å². The number of hydrogen-bond acceptors (Lipinski definition) is 6. The predicted molar refractivity (Wildman–Crippen MR) is 104 cm³/mol. The Kier molecular flexibility index (Phi) is 5.02. The number of amides is 1. The van der Waals surface area contributed by atoms with E-state index in [0.29, 0.717) is 9.87 Å². The first-order chi connectivity index (χ1) is 13.0. The summed E-state index contributed by atoms with van der Waals surface area (Å²) in [5.41, 5.74) is 0.678. The summed E-state index contributed by atoms with van der Waals surface area (Å²) < 4.78 is 52.5. The second-order valence-electron chi connectivity index (χ2n) is 6.52. The second-order valence-corrected chi connectivity index (χ2v) is 10.1. The Balaban J connectivity index is 1.88. The van der Waals surface area contributed by atoms with Crippen LogP contribution in [-0.2, 0) is 24.8 Å². The number of anilines is 2. The highest BCUT2D eigenvalue weighted by atomic mass is 32.2. The van der Waals surface area contributed by atoms with Gasteiger partial charge in [0.2, 0.25) is 15.9 Å². The minimum Gasteiger partial charge on any atom is -0.295 e. The molecule has 0 saturated carbocycles. The van der Waals surface area contributed by atoms with Crippen LogP contribution in [0.25, 0.3) is 0 Å². The average molecular weight is 422 g/mol. The van der Waals surface area contributed by atoms with Gasteiger partial charge in [0.1, 0.15) is 0 Å². The Morgan fingerprint density at radius 2 is 1.79 bits per heavy atom. The summed E-state index contributed by atoms with van der Waals surface area (Å²) in [5, 5.41) is 0. The molecule has 1 N–H and O–H groups in total. The van der Waals surface area contributed by atoms with Gasteiger partial charge >= 0.3 is 0 Å². The molecule has 1 heterocycles. The molecule has 148 valence electrons. The zero-order valence-electron chi connectivity index (χ0n) is 15.1. The van der Waals surface area contributed by atoms with E-state index in [9.17, 15) is 26.4 Å². The third-order valence-electron chi connectivity index (χ3n) is 4.26. The van der Waals surface area contributed by atoms with Crippen LogP contribution in [0.5, 0.6) is 0 Å². The normalized spacial score (nSPS) is 18.9. The van der Waals surface area contributed by atoms with E-state index in [1.807, 2.05) is 0 Å². The largest absolute Gasteiger partial charge is 0.295 e. The van der Waals surface area contributed by atoms with Gasteiger partial charge in [-0.15, -0.1) is 0 Å². The lowest BCUT2D eigenvalue weighted by molar-refractivity contribution is -0.119. The van der Waals surface area contributed by atoms with Gasteiger partial charge in [-0.1, -0.05) is 19.1 Å². The molecule has 3 rings (SSSR count). The van der Waals surface area contributed by atoms with Crippen LogP contribution in [0.3, 0.4) is 0 Å². The number of Topliss-reactive ketones (excluding diaryl/α,β-unsaturated/α-hetero) is 1. The van der Waals surface area contributed by atoms with Gasteiger partial charge in [0, 0.05) is 11.3 Å². The third-order valence-corrected chi connectivity index (χ3v) is 7.53. The number of carbonyl (C=O) groups is 2. The maximum Gasteiger partial charge on any atom is 0.261 e. The molecular weight excluding hydrogens is 404 g/mol. The molecule has 1 aliphatic heterocycles. The summed E-state index contributed by atoms with van der Waals surface area (Å²) in [6.45, 7) is 2.90. The van der Waals surface area contributed by atoms with E-state index in [-0.39, 0.29) is 27.8 Å². The van der Waals surface area contributed by atoms with E-state index in [2.05, 4.69) is 4.72 Å². The molecule has 2 aromatic carbocycles. The monoisotopic (exact) mass is 422 g/mol. The molecule has 1 atom stereocenters. The molecule has 1 unspecified atom stereocenters. The van der Waals surface area contributed by atoms with Gasteiger partial charge in [0.25, 0.3) is 10.0 Å². The summed E-state index contributed by atoms with van der Waals surface area (Å²) >= 11 is 0. The third kappa shape index (κ3) is 3.78. The molecule has 10 heteroatoms. The highest BCUT2D eigenvalue weighted by molar-refractivity contribution is 7.94. The molecule has 0 aliphatic carbocycles. The van der Waals surface area contributed by atoms with Gasteiger partial charge in [0.05, 0.1) is 22.3 Å². The molecule has 0 bridgehead atoms. The van der Waals surface area contributed by atoms with E-state index in [0.717, 1.165) is 0 Å². The molecule has 0 aromatic heterocycles. The van der Waals surface area contributed by atoms with Crippen molar-refractivity contribution in [2.45, 2.75) is 18.7 Å². The molecular formula is C18H18N2O6S2. The van der Waals surface area contributed by atoms with Gasteiger partial charge in [-0.2, -0.15) is 0 Å².